The fraction of sp³-hybridized carbons (Fsp3) is 0.281. The topological polar surface area (TPSA) is 40.8 Å². The van der Waals surface area contributed by atoms with Crippen LogP contribution in [0.1, 0.15) is 42.0 Å². The number of aryl methyl sites for hydroxylation is 2. The molecule has 7 rings (SSSR count). The van der Waals surface area contributed by atoms with Crippen molar-refractivity contribution in [3.8, 4) is 23.0 Å². The largest absolute Gasteiger partial charge is 0.493 e. The Kier molecular flexibility index (Phi) is 4.97. The van der Waals surface area contributed by atoms with Crippen LogP contribution in [0.15, 0.2) is 54.7 Å². The highest BCUT2D eigenvalue weighted by atomic mass is 16.7. The molecule has 0 N–H and O–H groups in total. The summed E-state index contributed by atoms with van der Waals surface area (Å²) in [6, 6.07) is 17.7. The molecule has 0 fully saturated rings. The van der Waals surface area contributed by atoms with Crippen LogP contribution < -0.4 is 23.5 Å². The van der Waals surface area contributed by atoms with Gasteiger partial charge < -0.3 is 18.9 Å². The average Bonchev–Trinajstić information content (AvgIpc) is 3.39. The van der Waals surface area contributed by atoms with E-state index in [1.165, 1.54) is 43.9 Å². The number of methoxy groups -OCH3 is 2. The van der Waals surface area contributed by atoms with E-state index in [0.29, 0.717) is 5.92 Å². The second-order valence-electron chi connectivity index (χ2n) is 10.4. The number of nitrogens with zero attached hydrogens (tertiary/aromatic N) is 1. The maximum Gasteiger partial charge on any atom is 0.231 e. The van der Waals surface area contributed by atoms with Gasteiger partial charge in [0.05, 0.1) is 30.4 Å². The zero-order chi connectivity index (χ0) is 25.3. The van der Waals surface area contributed by atoms with Gasteiger partial charge in [0.2, 0.25) is 12.3 Å². The van der Waals surface area contributed by atoms with Gasteiger partial charge in [-0.1, -0.05) is 38.1 Å². The summed E-state index contributed by atoms with van der Waals surface area (Å²) in [6.45, 7) is 5.62. The fourth-order valence-electron chi connectivity index (χ4n) is 6.15. The van der Waals surface area contributed by atoms with Gasteiger partial charge in [-0.05, 0) is 58.9 Å². The minimum Gasteiger partial charge on any atom is -0.493 e. The first kappa shape index (κ1) is 22.2. The predicted molar refractivity (Wildman–Crippen MR) is 145 cm³/mol. The summed E-state index contributed by atoms with van der Waals surface area (Å²) < 4.78 is 25.8. The third kappa shape index (κ3) is 3.26. The number of hydrogen-bond donors (Lipinski definition) is 0. The Morgan fingerprint density at radius 3 is 2.49 bits per heavy atom. The van der Waals surface area contributed by atoms with Crippen molar-refractivity contribution in [1.82, 2.24) is 0 Å². The van der Waals surface area contributed by atoms with E-state index in [-0.39, 0.29) is 6.79 Å². The van der Waals surface area contributed by atoms with Crippen LogP contribution in [0.25, 0.3) is 32.4 Å². The fourth-order valence-corrected chi connectivity index (χ4v) is 6.15. The summed E-state index contributed by atoms with van der Waals surface area (Å²) in [4.78, 5) is 0. The van der Waals surface area contributed by atoms with Crippen molar-refractivity contribution in [3.05, 3.63) is 77.0 Å². The summed E-state index contributed by atoms with van der Waals surface area (Å²) in [5, 5.41) is 5.90. The summed E-state index contributed by atoms with van der Waals surface area (Å²) in [6.07, 6.45) is 3.97. The van der Waals surface area contributed by atoms with Gasteiger partial charge in [0.1, 0.15) is 0 Å². The Morgan fingerprint density at radius 1 is 0.892 bits per heavy atom. The highest BCUT2D eigenvalue weighted by Crippen LogP contribution is 2.48. The summed E-state index contributed by atoms with van der Waals surface area (Å²) in [7, 11) is 3.40. The molecule has 0 amide bonds. The molecule has 5 heteroatoms. The van der Waals surface area contributed by atoms with Gasteiger partial charge in [0, 0.05) is 17.2 Å². The zero-order valence-corrected chi connectivity index (χ0v) is 21.7. The Bertz CT molecular complexity index is 1720. The van der Waals surface area contributed by atoms with E-state index < -0.39 is 0 Å². The van der Waals surface area contributed by atoms with Crippen LogP contribution in [-0.2, 0) is 19.4 Å². The molecule has 0 saturated heterocycles. The first-order valence-corrected chi connectivity index (χ1v) is 12.9. The SMILES string of the molecule is COc1ccc2c(c[n+]3c4c2cc(Cc2ccc(C(C)C)cc2)c2c5c(cc(c24)CC3)OCO5)c1OC. The summed E-state index contributed by atoms with van der Waals surface area (Å²) in [5.41, 5.74) is 6.45. The number of ether oxygens (including phenoxy) is 4. The normalized spacial score (nSPS) is 13.9. The van der Waals surface area contributed by atoms with Crippen molar-refractivity contribution in [3.63, 3.8) is 0 Å². The molecular weight excluding hydrogens is 462 g/mol. The van der Waals surface area contributed by atoms with Crippen molar-refractivity contribution in [1.29, 1.82) is 0 Å². The highest BCUT2D eigenvalue weighted by Gasteiger charge is 2.31. The smallest absolute Gasteiger partial charge is 0.231 e. The van der Waals surface area contributed by atoms with E-state index >= 15 is 0 Å². The van der Waals surface area contributed by atoms with Crippen LogP contribution in [0.3, 0.4) is 0 Å². The maximum absolute atomic E-state index is 6.09. The zero-order valence-electron chi connectivity index (χ0n) is 21.7. The van der Waals surface area contributed by atoms with E-state index in [1.807, 2.05) is 6.07 Å². The molecule has 2 aliphatic rings. The number of rotatable bonds is 5. The minimum absolute atomic E-state index is 0.267. The Morgan fingerprint density at radius 2 is 1.73 bits per heavy atom. The molecule has 186 valence electrons. The minimum atomic E-state index is 0.267. The average molecular weight is 493 g/mol. The second kappa shape index (κ2) is 8.27. The van der Waals surface area contributed by atoms with E-state index in [2.05, 4.69) is 67.1 Å². The van der Waals surface area contributed by atoms with Crippen molar-refractivity contribution in [2.24, 2.45) is 0 Å². The summed E-state index contributed by atoms with van der Waals surface area (Å²) >= 11 is 0. The predicted octanol–water partition coefficient (Wildman–Crippen LogP) is 6.45. The quantitative estimate of drug-likeness (QED) is 0.209. The molecule has 0 aliphatic carbocycles. The molecule has 0 saturated carbocycles. The van der Waals surface area contributed by atoms with Crippen LogP contribution >= 0.6 is 0 Å². The van der Waals surface area contributed by atoms with Crippen LogP contribution in [0.2, 0.25) is 0 Å². The number of pyridine rings is 1. The molecule has 3 heterocycles. The lowest BCUT2D eigenvalue weighted by molar-refractivity contribution is -0.670. The van der Waals surface area contributed by atoms with Crippen molar-refractivity contribution in [2.75, 3.05) is 21.0 Å². The second-order valence-corrected chi connectivity index (χ2v) is 10.4. The van der Waals surface area contributed by atoms with Gasteiger partial charge >= 0.3 is 0 Å². The van der Waals surface area contributed by atoms with E-state index in [1.54, 1.807) is 14.2 Å². The number of hydrogen-bond acceptors (Lipinski definition) is 4. The Balaban J connectivity index is 1.57. The monoisotopic (exact) mass is 492 g/mol. The molecule has 1 aromatic heterocycles. The van der Waals surface area contributed by atoms with Gasteiger partial charge in [-0.3, -0.25) is 0 Å². The van der Waals surface area contributed by atoms with Crippen LogP contribution in [0.4, 0.5) is 0 Å². The molecule has 37 heavy (non-hydrogen) atoms. The lowest BCUT2D eigenvalue weighted by Crippen LogP contribution is -2.38. The van der Waals surface area contributed by atoms with Crippen molar-refractivity contribution < 1.29 is 23.5 Å². The first-order valence-electron chi connectivity index (χ1n) is 12.9. The van der Waals surface area contributed by atoms with Crippen LogP contribution in [-0.4, -0.2) is 21.0 Å². The van der Waals surface area contributed by atoms with E-state index in [4.69, 9.17) is 18.9 Å². The van der Waals surface area contributed by atoms with Crippen LogP contribution in [0.5, 0.6) is 23.0 Å². The van der Waals surface area contributed by atoms with Crippen LogP contribution in [0, 0.1) is 0 Å². The first-order chi connectivity index (χ1) is 18.1. The molecular formula is C32H30NO4+. The van der Waals surface area contributed by atoms with Gasteiger partial charge in [-0.15, -0.1) is 0 Å². The molecule has 0 unspecified atom stereocenters. The summed E-state index contributed by atoms with van der Waals surface area (Å²) in [5.74, 6) is 3.76. The van der Waals surface area contributed by atoms with Crippen molar-refractivity contribution in [2.45, 2.75) is 39.2 Å². The molecule has 0 bridgehead atoms. The molecule has 0 spiro atoms. The van der Waals surface area contributed by atoms with E-state index in [9.17, 15) is 0 Å². The third-order valence-electron chi connectivity index (χ3n) is 7.99. The Hall–Kier alpha value is -3.99. The Labute approximate surface area is 216 Å². The molecule has 4 aromatic carbocycles. The van der Waals surface area contributed by atoms with E-state index in [0.717, 1.165) is 53.2 Å². The number of benzene rings is 4. The van der Waals surface area contributed by atoms with Gasteiger partial charge in [0.25, 0.3) is 0 Å². The highest BCUT2D eigenvalue weighted by molar-refractivity contribution is 6.18. The number of fused-ring (bicyclic) bond motifs is 4. The molecule has 0 radical (unpaired) electrons. The maximum atomic E-state index is 6.09. The molecule has 2 aliphatic heterocycles. The van der Waals surface area contributed by atoms with Crippen molar-refractivity contribution >= 4 is 32.4 Å². The van der Waals surface area contributed by atoms with Gasteiger partial charge in [-0.2, -0.15) is 4.57 Å². The standard InChI is InChI=1S/C32H30NO4/c1-18(2)20-7-5-19(6-8-20)13-22-14-24-23-9-10-26(34-3)31(35-4)25(23)16-33-12-11-21-15-27-32(37-17-36-27)29(22)28(21)30(24)33/h5-10,14-16,18H,11-13,17H2,1-4H3/q+1. The molecule has 5 nitrogen and oxygen atoms in total. The molecule has 0 atom stereocenters. The third-order valence-corrected chi connectivity index (χ3v) is 7.99. The lowest BCUT2D eigenvalue weighted by Gasteiger charge is -2.20. The van der Waals surface area contributed by atoms with Gasteiger partial charge in [-0.25, -0.2) is 0 Å². The lowest BCUT2D eigenvalue weighted by atomic mass is 9.88. The van der Waals surface area contributed by atoms with Gasteiger partial charge in [0.15, 0.2) is 35.7 Å². The molecule has 5 aromatic rings. The number of aromatic nitrogens is 1.